The average molecular weight is 197 g/mol. The number of hydrogen-bond donors (Lipinski definition) is 1. The molecule has 0 amide bonds. The Hall–Kier alpha value is -0.940. The van der Waals surface area contributed by atoms with E-state index in [0.717, 1.165) is 19.6 Å². The smallest absolute Gasteiger partial charge is 0.161 e. The Morgan fingerprint density at radius 1 is 1.71 bits per heavy atom. The van der Waals surface area contributed by atoms with Crippen LogP contribution in [0.25, 0.3) is 0 Å². The molecule has 2 rings (SSSR count). The van der Waals surface area contributed by atoms with E-state index in [2.05, 4.69) is 10.1 Å². The van der Waals surface area contributed by atoms with E-state index in [1.165, 1.54) is 6.33 Å². The Morgan fingerprint density at radius 3 is 3.21 bits per heavy atom. The summed E-state index contributed by atoms with van der Waals surface area (Å²) in [6, 6.07) is 0. The summed E-state index contributed by atoms with van der Waals surface area (Å²) in [5.74, 6) is 0.625. The lowest BCUT2D eigenvalue weighted by atomic mass is 9.96. The zero-order valence-electron chi connectivity index (χ0n) is 8.31. The number of ether oxygens (including phenoxy) is 1. The lowest BCUT2D eigenvalue weighted by molar-refractivity contribution is -0.0976. The summed E-state index contributed by atoms with van der Waals surface area (Å²) in [5.41, 5.74) is -0.940. The van der Waals surface area contributed by atoms with E-state index in [1.807, 2.05) is 6.92 Å². The predicted octanol–water partition coefficient (Wildman–Crippen LogP) is 0.296. The number of rotatable bonds is 2. The van der Waals surface area contributed by atoms with Crippen LogP contribution < -0.4 is 0 Å². The van der Waals surface area contributed by atoms with E-state index in [0.29, 0.717) is 18.9 Å². The first-order valence-corrected chi connectivity index (χ1v) is 4.95. The maximum absolute atomic E-state index is 10.3. The third-order valence-electron chi connectivity index (χ3n) is 2.55. The van der Waals surface area contributed by atoms with Crippen LogP contribution in [0.5, 0.6) is 0 Å². The van der Waals surface area contributed by atoms with Crippen molar-refractivity contribution in [3.63, 3.8) is 0 Å². The van der Waals surface area contributed by atoms with Gasteiger partial charge in [-0.3, -0.25) is 0 Å². The minimum absolute atomic E-state index is 0.325. The van der Waals surface area contributed by atoms with Gasteiger partial charge in [-0.25, -0.2) is 9.67 Å². The summed E-state index contributed by atoms with van der Waals surface area (Å²) >= 11 is 0. The second-order valence-electron chi connectivity index (χ2n) is 3.59. The van der Waals surface area contributed by atoms with Gasteiger partial charge < -0.3 is 9.84 Å². The Balaban J connectivity index is 2.27. The van der Waals surface area contributed by atoms with E-state index in [-0.39, 0.29) is 0 Å². The normalized spacial score (nSPS) is 27.9. The molecule has 2 heterocycles. The maximum atomic E-state index is 10.3. The molecule has 5 heteroatoms. The largest absolute Gasteiger partial charge is 0.379 e. The first-order valence-electron chi connectivity index (χ1n) is 4.95. The average Bonchev–Trinajstić information content (AvgIpc) is 2.67. The molecule has 1 aromatic heterocycles. The molecule has 1 N–H and O–H groups in total. The van der Waals surface area contributed by atoms with E-state index < -0.39 is 5.60 Å². The van der Waals surface area contributed by atoms with Crippen molar-refractivity contribution in [2.75, 3.05) is 13.2 Å². The van der Waals surface area contributed by atoms with Crippen molar-refractivity contribution in [2.45, 2.75) is 31.9 Å². The number of aliphatic hydroxyl groups is 1. The molecule has 5 nitrogen and oxygen atoms in total. The van der Waals surface area contributed by atoms with Gasteiger partial charge in [0.05, 0.1) is 6.61 Å². The van der Waals surface area contributed by atoms with Crippen molar-refractivity contribution < 1.29 is 9.84 Å². The molecule has 0 radical (unpaired) electrons. The third-order valence-corrected chi connectivity index (χ3v) is 2.55. The molecule has 0 aliphatic carbocycles. The molecule has 1 saturated heterocycles. The predicted molar refractivity (Wildman–Crippen MR) is 49.6 cm³/mol. The lowest BCUT2D eigenvalue weighted by Gasteiger charge is -2.30. The van der Waals surface area contributed by atoms with Crippen molar-refractivity contribution in [1.29, 1.82) is 0 Å². The van der Waals surface area contributed by atoms with Crippen LogP contribution in [0.3, 0.4) is 0 Å². The molecule has 1 unspecified atom stereocenters. The van der Waals surface area contributed by atoms with Gasteiger partial charge in [0.25, 0.3) is 0 Å². The number of aromatic nitrogens is 3. The van der Waals surface area contributed by atoms with Gasteiger partial charge in [0.15, 0.2) is 5.82 Å². The van der Waals surface area contributed by atoms with Gasteiger partial charge in [0.1, 0.15) is 11.9 Å². The highest BCUT2D eigenvalue weighted by atomic mass is 16.5. The van der Waals surface area contributed by atoms with Crippen molar-refractivity contribution in [3.05, 3.63) is 12.2 Å². The minimum atomic E-state index is -0.940. The summed E-state index contributed by atoms with van der Waals surface area (Å²) in [6.45, 7) is 3.75. The summed E-state index contributed by atoms with van der Waals surface area (Å²) in [4.78, 5) is 4.10. The lowest BCUT2D eigenvalue weighted by Crippen LogP contribution is -2.38. The molecule has 1 aromatic rings. The highest BCUT2D eigenvalue weighted by molar-refractivity contribution is 5.02. The molecule has 0 aromatic carbocycles. The molecule has 0 bridgehead atoms. The molecule has 1 fully saturated rings. The highest BCUT2D eigenvalue weighted by Gasteiger charge is 2.36. The highest BCUT2D eigenvalue weighted by Crippen LogP contribution is 2.28. The summed E-state index contributed by atoms with van der Waals surface area (Å²) in [7, 11) is 0. The molecular formula is C9H15N3O2. The van der Waals surface area contributed by atoms with Crippen LogP contribution in [0.1, 0.15) is 25.6 Å². The molecular weight excluding hydrogens is 182 g/mol. The Morgan fingerprint density at radius 2 is 2.57 bits per heavy atom. The fraction of sp³-hybridized carbons (Fsp3) is 0.778. The third kappa shape index (κ3) is 1.53. The van der Waals surface area contributed by atoms with Gasteiger partial charge in [0.2, 0.25) is 0 Å². The van der Waals surface area contributed by atoms with Crippen LogP contribution in [-0.2, 0) is 16.9 Å². The fourth-order valence-electron chi connectivity index (χ4n) is 1.81. The topological polar surface area (TPSA) is 60.2 Å². The summed E-state index contributed by atoms with van der Waals surface area (Å²) < 4.78 is 6.99. The summed E-state index contributed by atoms with van der Waals surface area (Å²) in [5, 5.41) is 14.3. The van der Waals surface area contributed by atoms with Gasteiger partial charge in [-0.1, -0.05) is 0 Å². The fourth-order valence-corrected chi connectivity index (χ4v) is 1.81. The molecule has 1 atom stereocenters. The van der Waals surface area contributed by atoms with E-state index in [9.17, 15) is 5.11 Å². The first kappa shape index (κ1) is 9.61. The monoisotopic (exact) mass is 197 g/mol. The van der Waals surface area contributed by atoms with Gasteiger partial charge in [-0.2, -0.15) is 5.10 Å². The van der Waals surface area contributed by atoms with Crippen LogP contribution in [-0.4, -0.2) is 33.1 Å². The second-order valence-corrected chi connectivity index (χ2v) is 3.59. The van der Waals surface area contributed by atoms with Crippen LogP contribution >= 0.6 is 0 Å². The summed E-state index contributed by atoms with van der Waals surface area (Å²) in [6.07, 6.45) is 3.05. The van der Waals surface area contributed by atoms with E-state index in [4.69, 9.17) is 4.74 Å². The van der Waals surface area contributed by atoms with Crippen molar-refractivity contribution >= 4 is 0 Å². The SMILES string of the molecule is CCn1ncnc1C1(O)CCCOC1. The standard InChI is InChI=1S/C9H15N3O2/c1-2-12-8(10-7-11-12)9(13)4-3-5-14-6-9/h7,13H,2-6H2,1H3. The van der Waals surface area contributed by atoms with Crippen molar-refractivity contribution in [2.24, 2.45) is 0 Å². The van der Waals surface area contributed by atoms with Crippen LogP contribution in [0.4, 0.5) is 0 Å². The van der Waals surface area contributed by atoms with E-state index >= 15 is 0 Å². The zero-order chi connectivity index (χ0) is 10.0. The second kappa shape index (κ2) is 3.67. The van der Waals surface area contributed by atoms with Crippen molar-refractivity contribution in [3.8, 4) is 0 Å². The molecule has 14 heavy (non-hydrogen) atoms. The van der Waals surface area contributed by atoms with Crippen LogP contribution in [0.15, 0.2) is 6.33 Å². The molecule has 0 saturated carbocycles. The van der Waals surface area contributed by atoms with Gasteiger partial charge in [0, 0.05) is 13.2 Å². The Bertz CT molecular complexity index is 305. The van der Waals surface area contributed by atoms with Crippen molar-refractivity contribution in [1.82, 2.24) is 14.8 Å². The minimum Gasteiger partial charge on any atom is -0.379 e. The molecule has 78 valence electrons. The Kier molecular flexibility index (Phi) is 2.52. The molecule has 0 spiro atoms. The Labute approximate surface area is 82.7 Å². The first-order chi connectivity index (χ1) is 6.76. The molecule has 1 aliphatic heterocycles. The zero-order valence-corrected chi connectivity index (χ0v) is 8.31. The number of aryl methyl sites for hydroxylation is 1. The number of hydrogen-bond acceptors (Lipinski definition) is 4. The maximum Gasteiger partial charge on any atom is 0.161 e. The quantitative estimate of drug-likeness (QED) is 0.740. The molecule has 1 aliphatic rings. The van der Waals surface area contributed by atoms with Gasteiger partial charge >= 0.3 is 0 Å². The van der Waals surface area contributed by atoms with Crippen LogP contribution in [0.2, 0.25) is 0 Å². The van der Waals surface area contributed by atoms with Gasteiger partial charge in [-0.05, 0) is 19.8 Å². The van der Waals surface area contributed by atoms with E-state index in [1.54, 1.807) is 4.68 Å². The number of nitrogens with zero attached hydrogens (tertiary/aromatic N) is 3. The van der Waals surface area contributed by atoms with Gasteiger partial charge in [-0.15, -0.1) is 0 Å². The van der Waals surface area contributed by atoms with Crippen LogP contribution in [0, 0.1) is 0 Å².